The highest BCUT2D eigenvalue weighted by Gasteiger charge is 2.22. The van der Waals surface area contributed by atoms with E-state index in [1.807, 2.05) is 48.5 Å². The summed E-state index contributed by atoms with van der Waals surface area (Å²) in [6, 6.07) is 15.3. The number of aromatic amines is 1. The lowest BCUT2D eigenvalue weighted by Crippen LogP contribution is -2.33. The van der Waals surface area contributed by atoms with Crippen LogP contribution in [0.3, 0.4) is 0 Å². The number of ether oxygens (including phenoxy) is 2. The number of carbonyl (C=O) groups is 1. The van der Waals surface area contributed by atoms with Gasteiger partial charge >= 0.3 is 5.69 Å². The Morgan fingerprint density at radius 1 is 1.15 bits per heavy atom. The minimum Gasteiger partial charge on any atom is -0.490 e. The van der Waals surface area contributed by atoms with E-state index in [-0.39, 0.29) is 29.3 Å². The number of benzene rings is 2. The molecule has 1 atom stereocenters. The number of amides is 1. The highest BCUT2D eigenvalue weighted by atomic mass is 32.2. The van der Waals surface area contributed by atoms with Gasteiger partial charge in [-0.05, 0) is 29.2 Å². The Balaban J connectivity index is 1.42. The van der Waals surface area contributed by atoms with Gasteiger partial charge in [-0.2, -0.15) is 0 Å². The van der Waals surface area contributed by atoms with Crippen LogP contribution in [0.2, 0.25) is 0 Å². The van der Waals surface area contributed by atoms with Crippen molar-refractivity contribution in [3.8, 4) is 11.5 Å². The van der Waals surface area contributed by atoms with Gasteiger partial charge in [-0.3, -0.25) is 9.36 Å². The number of thioether (sulfide) groups is 1. The molecule has 3 aromatic rings. The number of rotatable bonds is 8. The number of aromatic nitrogens is 3. The summed E-state index contributed by atoms with van der Waals surface area (Å²) in [6.07, 6.45) is 0.841. The molecule has 1 aliphatic rings. The molecule has 0 saturated carbocycles. The summed E-state index contributed by atoms with van der Waals surface area (Å²) in [5, 5.41) is 10.2. The van der Waals surface area contributed by atoms with E-state index in [1.54, 1.807) is 0 Å². The van der Waals surface area contributed by atoms with Gasteiger partial charge in [0.25, 0.3) is 0 Å². The summed E-state index contributed by atoms with van der Waals surface area (Å²) in [7, 11) is 0. The Morgan fingerprint density at radius 3 is 2.67 bits per heavy atom. The third-order valence-electron chi connectivity index (χ3n) is 5.35. The van der Waals surface area contributed by atoms with Crippen molar-refractivity contribution in [3.63, 3.8) is 0 Å². The van der Waals surface area contributed by atoms with Crippen LogP contribution in [0.25, 0.3) is 0 Å². The Bertz CT molecular complexity index is 1140. The normalized spacial score (nSPS) is 14.0. The summed E-state index contributed by atoms with van der Waals surface area (Å²) >= 11 is 1.23. The molecule has 174 valence electrons. The van der Waals surface area contributed by atoms with Gasteiger partial charge in [0.1, 0.15) is 0 Å². The van der Waals surface area contributed by atoms with Gasteiger partial charge in [0, 0.05) is 6.42 Å². The Kier molecular flexibility index (Phi) is 7.39. The Hall–Kier alpha value is -3.20. The van der Waals surface area contributed by atoms with Crippen LogP contribution < -0.4 is 20.5 Å². The standard InChI is InChI=1S/C24H28N4O4S/c1-16(2)22(18-9-10-19-20(13-18)32-12-6-11-31-19)25-21(29)15-33-24-27-26-23(30)28(24)14-17-7-4-3-5-8-17/h3-5,7-10,13,16,22H,6,11-12,14-15H2,1-2H3,(H,25,29)(H,26,30). The summed E-state index contributed by atoms with van der Waals surface area (Å²) in [6.45, 7) is 5.77. The van der Waals surface area contributed by atoms with Crippen molar-refractivity contribution in [2.45, 2.75) is 38.0 Å². The van der Waals surface area contributed by atoms with Gasteiger partial charge in [0.05, 0.1) is 31.6 Å². The molecule has 33 heavy (non-hydrogen) atoms. The first-order chi connectivity index (χ1) is 16.0. The Morgan fingerprint density at radius 2 is 1.91 bits per heavy atom. The number of fused-ring (bicyclic) bond motifs is 1. The molecule has 8 nitrogen and oxygen atoms in total. The molecule has 1 amide bonds. The molecule has 0 saturated heterocycles. The molecule has 0 bridgehead atoms. The fourth-order valence-electron chi connectivity index (χ4n) is 3.67. The average molecular weight is 469 g/mol. The van der Waals surface area contributed by atoms with Gasteiger partial charge in [-0.15, -0.1) is 5.10 Å². The van der Waals surface area contributed by atoms with E-state index in [2.05, 4.69) is 29.4 Å². The molecule has 1 aromatic heterocycles. The maximum absolute atomic E-state index is 12.8. The number of nitrogens with zero attached hydrogens (tertiary/aromatic N) is 2. The van der Waals surface area contributed by atoms with Crippen LogP contribution in [0.1, 0.15) is 37.4 Å². The third-order valence-corrected chi connectivity index (χ3v) is 6.33. The SMILES string of the molecule is CC(C)C(NC(=O)CSc1n[nH]c(=O)n1Cc1ccccc1)c1ccc2c(c1)OCCCO2. The smallest absolute Gasteiger partial charge is 0.344 e. The number of nitrogens with one attached hydrogen (secondary N) is 2. The minimum absolute atomic E-state index is 0.132. The van der Waals surface area contributed by atoms with Gasteiger partial charge in [-0.1, -0.05) is 62.0 Å². The van der Waals surface area contributed by atoms with E-state index >= 15 is 0 Å². The van der Waals surface area contributed by atoms with Gasteiger partial charge < -0.3 is 14.8 Å². The molecule has 0 aliphatic carbocycles. The van der Waals surface area contributed by atoms with Crippen molar-refractivity contribution in [3.05, 3.63) is 70.1 Å². The van der Waals surface area contributed by atoms with Crippen LogP contribution in [-0.4, -0.2) is 39.6 Å². The predicted octanol–water partition coefficient (Wildman–Crippen LogP) is 3.39. The van der Waals surface area contributed by atoms with E-state index in [0.717, 1.165) is 23.3 Å². The summed E-state index contributed by atoms with van der Waals surface area (Å²) in [5.41, 5.74) is 1.66. The fraction of sp³-hybridized carbons (Fsp3) is 0.375. The molecule has 0 radical (unpaired) electrons. The van der Waals surface area contributed by atoms with E-state index in [4.69, 9.17) is 9.47 Å². The molecule has 1 unspecified atom stereocenters. The van der Waals surface area contributed by atoms with Crippen molar-refractivity contribution >= 4 is 17.7 Å². The lowest BCUT2D eigenvalue weighted by atomic mass is 9.95. The molecule has 1 aliphatic heterocycles. The quantitative estimate of drug-likeness (QED) is 0.492. The van der Waals surface area contributed by atoms with Crippen LogP contribution >= 0.6 is 11.8 Å². The second-order valence-electron chi connectivity index (χ2n) is 8.22. The molecule has 2 heterocycles. The largest absolute Gasteiger partial charge is 0.490 e. The predicted molar refractivity (Wildman–Crippen MR) is 127 cm³/mol. The van der Waals surface area contributed by atoms with E-state index in [9.17, 15) is 9.59 Å². The van der Waals surface area contributed by atoms with Crippen LogP contribution in [0.4, 0.5) is 0 Å². The molecule has 2 aromatic carbocycles. The first-order valence-corrected chi connectivity index (χ1v) is 12.0. The van der Waals surface area contributed by atoms with Crippen molar-refractivity contribution in [1.82, 2.24) is 20.1 Å². The minimum atomic E-state index is -0.297. The maximum Gasteiger partial charge on any atom is 0.344 e. The van der Waals surface area contributed by atoms with Crippen molar-refractivity contribution in [1.29, 1.82) is 0 Å². The van der Waals surface area contributed by atoms with Crippen LogP contribution in [-0.2, 0) is 11.3 Å². The number of hydrogen-bond acceptors (Lipinski definition) is 6. The van der Waals surface area contributed by atoms with E-state index in [0.29, 0.717) is 30.7 Å². The second kappa shape index (κ2) is 10.6. The van der Waals surface area contributed by atoms with Crippen molar-refractivity contribution < 1.29 is 14.3 Å². The topological polar surface area (TPSA) is 98.2 Å². The molecule has 2 N–H and O–H groups in total. The summed E-state index contributed by atoms with van der Waals surface area (Å²) < 4.78 is 13.1. The zero-order chi connectivity index (χ0) is 23.2. The number of hydrogen-bond donors (Lipinski definition) is 2. The van der Waals surface area contributed by atoms with Crippen LogP contribution in [0.5, 0.6) is 11.5 Å². The van der Waals surface area contributed by atoms with Crippen LogP contribution in [0, 0.1) is 5.92 Å². The first kappa shape index (κ1) is 23.0. The van der Waals surface area contributed by atoms with Gasteiger partial charge in [0.2, 0.25) is 5.91 Å². The lowest BCUT2D eigenvalue weighted by molar-refractivity contribution is -0.119. The first-order valence-electron chi connectivity index (χ1n) is 11.0. The highest BCUT2D eigenvalue weighted by Crippen LogP contribution is 2.34. The van der Waals surface area contributed by atoms with E-state index in [1.165, 1.54) is 16.3 Å². The molecular formula is C24H28N4O4S. The summed E-state index contributed by atoms with van der Waals surface area (Å²) in [5.74, 6) is 1.63. The average Bonchev–Trinajstić information content (AvgIpc) is 3.00. The van der Waals surface area contributed by atoms with Gasteiger partial charge in [-0.25, -0.2) is 9.89 Å². The monoisotopic (exact) mass is 468 g/mol. The summed E-state index contributed by atoms with van der Waals surface area (Å²) in [4.78, 5) is 25.0. The third kappa shape index (κ3) is 5.78. The lowest BCUT2D eigenvalue weighted by Gasteiger charge is -2.24. The highest BCUT2D eigenvalue weighted by molar-refractivity contribution is 7.99. The number of H-pyrrole nitrogens is 1. The zero-order valence-corrected chi connectivity index (χ0v) is 19.6. The van der Waals surface area contributed by atoms with Gasteiger partial charge in [0.15, 0.2) is 16.7 Å². The van der Waals surface area contributed by atoms with E-state index < -0.39 is 0 Å². The molecule has 9 heteroatoms. The number of carbonyl (C=O) groups excluding carboxylic acids is 1. The van der Waals surface area contributed by atoms with Crippen molar-refractivity contribution in [2.24, 2.45) is 5.92 Å². The zero-order valence-electron chi connectivity index (χ0n) is 18.7. The fourth-order valence-corrected chi connectivity index (χ4v) is 4.43. The Labute approximate surface area is 196 Å². The van der Waals surface area contributed by atoms with Crippen LogP contribution in [0.15, 0.2) is 58.5 Å². The second-order valence-corrected chi connectivity index (χ2v) is 9.16. The maximum atomic E-state index is 12.8. The van der Waals surface area contributed by atoms with Crippen molar-refractivity contribution in [2.75, 3.05) is 19.0 Å². The molecule has 4 rings (SSSR count). The molecule has 0 fully saturated rings. The molecule has 0 spiro atoms. The molecular weight excluding hydrogens is 440 g/mol.